The summed E-state index contributed by atoms with van der Waals surface area (Å²) in [5.74, 6) is 0.755. The molecule has 3 N–H and O–H groups in total. The van der Waals surface area contributed by atoms with Gasteiger partial charge in [-0.2, -0.15) is 0 Å². The number of hydrogen-bond donors (Lipinski definition) is 2. The van der Waals surface area contributed by atoms with Gasteiger partial charge in [0.25, 0.3) is 5.91 Å². The van der Waals surface area contributed by atoms with Crippen LogP contribution in [0.4, 0.5) is 0 Å². The number of amides is 2. The zero-order valence-electron chi connectivity index (χ0n) is 17.9. The van der Waals surface area contributed by atoms with Gasteiger partial charge in [0.05, 0.1) is 7.11 Å². The van der Waals surface area contributed by atoms with Gasteiger partial charge in [-0.3, -0.25) is 9.59 Å². The van der Waals surface area contributed by atoms with Crippen molar-refractivity contribution in [3.63, 3.8) is 0 Å². The van der Waals surface area contributed by atoms with Crippen molar-refractivity contribution in [1.82, 2.24) is 5.32 Å². The van der Waals surface area contributed by atoms with E-state index < -0.39 is 5.91 Å². The van der Waals surface area contributed by atoms with Crippen LogP contribution in [0.2, 0.25) is 0 Å². The van der Waals surface area contributed by atoms with Gasteiger partial charge in [0.2, 0.25) is 5.91 Å². The number of nitrogens with one attached hydrogen (secondary N) is 1. The number of methoxy groups -OCH3 is 1. The zero-order valence-corrected chi connectivity index (χ0v) is 17.9. The summed E-state index contributed by atoms with van der Waals surface area (Å²) in [7, 11) is 1.67. The smallest absolute Gasteiger partial charge is 0.255 e. The Kier molecular flexibility index (Phi) is 7.70. The van der Waals surface area contributed by atoms with Crippen molar-refractivity contribution in [2.45, 2.75) is 37.5 Å². The first kappa shape index (κ1) is 22.4. The van der Waals surface area contributed by atoms with Crippen LogP contribution in [-0.4, -0.2) is 32.1 Å². The van der Waals surface area contributed by atoms with E-state index in [2.05, 4.69) is 17.4 Å². The second-order valence-corrected chi connectivity index (χ2v) is 7.94. The number of benzene rings is 2. The molecule has 6 heteroatoms. The monoisotopic (exact) mass is 422 g/mol. The average Bonchev–Trinajstić information content (AvgIpc) is 2.81. The largest absolute Gasteiger partial charge is 0.497 e. The number of hydrogen-bond acceptors (Lipinski definition) is 4. The molecule has 3 rings (SSSR count). The maximum absolute atomic E-state index is 12.5. The molecule has 31 heavy (non-hydrogen) atoms. The standard InChI is InChI=1S/C25H30N2O4/c1-30-21-12-8-20(9-13-21)25(15-3-2-4-16-25)18-27-24(29)14-7-19-5-10-22(11-6-19)31-17-23(26)28/h5-14H,2-4,15-18H2,1H3,(H2,26,28)(H,27,29)/b14-7+. The van der Waals surface area contributed by atoms with Gasteiger partial charge in [0.15, 0.2) is 6.61 Å². The maximum Gasteiger partial charge on any atom is 0.255 e. The molecule has 6 nitrogen and oxygen atoms in total. The molecule has 0 heterocycles. The van der Waals surface area contributed by atoms with Crippen molar-refractivity contribution < 1.29 is 19.1 Å². The van der Waals surface area contributed by atoms with Gasteiger partial charge in [-0.05, 0) is 54.3 Å². The Morgan fingerprint density at radius 3 is 2.26 bits per heavy atom. The third-order valence-corrected chi connectivity index (χ3v) is 5.80. The van der Waals surface area contributed by atoms with Gasteiger partial charge in [-0.25, -0.2) is 0 Å². The minimum atomic E-state index is -0.522. The number of carbonyl (C=O) groups excluding carboxylic acids is 2. The van der Waals surface area contributed by atoms with Gasteiger partial charge in [0.1, 0.15) is 11.5 Å². The van der Waals surface area contributed by atoms with Crippen molar-refractivity contribution in [2.75, 3.05) is 20.3 Å². The van der Waals surface area contributed by atoms with Crippen LogP contribution in [0.3, 0.4) is 0 Å². The van der Waals surface area contributed by atoms with E-state index in [0.29, 0.717) is 12.3 Å². The number of primary amides is 1. The molecule has 1 fully saturated rings. The highest BCUT2D eigenvalue weighted by Crippen LogP contribution is 2.39. The van der Waals surface area contributed by atoms with Crippen LogP contribution in [-0.2, 0) is 15.0 Å². The molecule has 0 aliphatic heterocycles. The van der Waals surface area contributed by atoms with E-state index in [0.717, 1.165) is 24.2 Å². The molecule has 0 atom stereocenters. The van der Waals surface area contributed by atoms with Gasteiger partial charge in [-0.15, -0.1) is 0 Å². The number of carbonyl (C=O) groups is 2. The summed E-state index contributed by atoms with van der Waals surface area (Å²) in [5.41, 5.74) is 7.15. The van der Waals surface area contributed by atoms with Crippen LogP contribution < -0.4 is 20.5 Å². The van der Waals surface area contributed by atoms with Crippen LogP contribution in [0.15, 0.2) is 54.6 Å². The van der Waals surface area contributed by atoms with Crippen LogP contribution in [0.25, 0.3) is 6.08 Å². The Bertz CT molecular complexity index is 898. The van der Waals surface area contributed by atoms with Gasteiger partial charge < -0.3 is 20.5 Å². The van der Waals surface area contributed by atoms with E-state index in [9.17, 15) is 9.59 Å². The summed E-state index contributed by atoms with van der Waals surface area (Å²) < 4.78 is 10.5. The molecular weight excluding hydrogens is 392 g/mol. The molecule has 2 aromatic carbocycles. The van der Waals surface area contributed by atoms with Crippen molar-refractivity contribution in [1.29, 1.82) is 0 Å². The minimum absolute atomic E-state index is 0.0343. The highest BCUT2D eigenvalue weighted by molar-refractivity contribution is 5.91. The summed E-state index contributed by atoms with van der Waals surface area (Å²) in [4.78, 5) is 23.3. The number of nitrogens with two attached hydrogens (primary N) is 1. The normalized spacial score (nSPS) is 15.4. The minimum Gasteiger partial charge on any atom is -0.497 e. The number of rotatable bonds is 9. The maximum atomic E-state index is 12.5. The van der Waals surface area contributed by atoms with E-state index in [1.54, 1.807) is 31.4 Å². The van der Waals surface area contributed by atoms with E-state index >= 15 is 0 Å². The van der Waals surface area contributed by atoms with Gasteiger partial charge >= 0.3 is 0 Å². The zero-order chi connectivity index (χ0) is 22.1. The third-order valence-electron chi connectivity index (χ3n) is 5.80. The molecule has 0 unspecified atom stereocenters. The molecule has 0 aromatic heterocycles. The molecule has 1 aliphatic carbocycles. The molecule has 0 saturated heterocycles. The van der Waals surface area contributed by atoms with Crippen molar-refractivity contribution in [2.24, 2.45) is 5.73 Å². The fraction of sp³-hybridized carbons (Fsp3) is 0.360. The summed E-state index contributed by atoms with van der Waals surface area (Å²) in [5, 5.41) is 3.10. The fourth-order valence-electron chi connectivity index (χ4n) is 4.06. The molecule has 0 radical (unpaired) electrons. The van der Waals surface area contributed by atoms with Crippen molar-refractivity contribution >= 4 is 17.9 Å². The molecular formula is C25H30N2O4. The molecule has 1 aliphatic rings. The van der Waals surface area contributed by atoms with E-state index in [4.69, 9.17) is 15.2 Å². The number of ether oxygens (including phenoxy) is 2. The lowest BCUT2D eigenvalue weighted by atomic mass is 9.69. The molecule has 0 spiro atoms. The van der Waals surface area contributed by atoms with E-state index in [1.165, 1.54) is 24.8 Å². The highest BCUT2D eigenvalue weighted by atomic mass is 16.5. The fourth-order valence-corrected chi connectivity index (χ4v) is 4.06. The second-order valence-electron chi connectivity index (χ2n) is 7.94. The Labute approximate surface area is 183 Å². The van der Waals surface area contributed by atoms with Crippen LogP contribution >= 0.6 is 0 Å². The van der Waals surface area contributed by atoms with Crippen molar-refractivity contribution in [3.05, 3.63) is 65.7 Å². The van der Waals surface area contributed by atoms with E-state index in [1.807, 2.05) is 24.3 Å². The lowest BCUT2D eigenvalue weighted by Crippen LogP contribution is -2.41. The Morgan fingerprint density at radius 2 is 1.65 bits per heavy atom. The predicted octanol–water partition coefficient (Wildman–Crippen LogP) is 3.59. The molecule has 164 valence electrons. The van der Waals surface area contributed by atoms with Gasteiger partial charge in [0, 0.05) is 18.0 Å². The third kappa shape index (κ3) is 6.35. The SMILES string of the molecule is COc1ccc(C2(CNC(=O)/C=C/c3ccc(OCC(N)=O)cc3)CCCCC2)cc1. The van der Waals surface area contributed by atoms with Crippen LogP contribution in [0.5, 0.6) is 11.5 Å². The molecule has 1 saturated carbocycles. The van der Waals surface area contributed by atoms with Gasteiger partial charge in [-0.1, -0.05) is 43.5 Å². The lowest BCUT2D eigenvalue weighted by molar-refractivity contribution is -0.120. The summed E-state index contributed by atoms with van der Waals surface area (Å²) >= 11 is 0. The van der Waals surface area contributed by atoms with Crippen LogP contribution in [0, 0.1) is 0 Å². The summed E-state index contributed by atoms with van der Waals surface area (Å²) in [6, 6.07) is 15.3. The average molecular weight is 423 g/mol. The quantitative estimate of drug-likeness (QED) is 0.604. The highest BCUT2D eigenvalue weighted by Gasteiger charge is 2.34. The first-order valence-electron chi connectivity index (χ1n) is 10.6. The summed E-state index contributed by atoms with van der Waals surface area (Å²) in [6.07, 6.45) is 9.01. The first-order valence-corrected chi connectivity index (χ1v) is 10.6. The Hall–Kier alpha value is -3.28. The predicted molar refractivity (Wildman–Crippen MR) is 121 cm³/mol. The molecule has 0 bridgehead atoms. The molecule has 2 amide bonds. The van der Waals surface area contributed by atoms with E-state index in [-0.39, 0.29) is 17.9 Å². The van der Waals surface area contributed by atoms with Crippen molar-refractivity contribution in [3.8, 4) is 11.5 Å². The first-order chi connectivity index (χ1) is 15.0. The second kappa shape index (κ2) is 10.7. The Balaban J connectivity index is 1.59. The Morgan fingerprint density at radius 1 is 1.00 bits per heavy atom. The summed E-state index contributed by atoms with van der Waals surface area (Å²) in [6.45, 7) is 0.454. The van der Waals surface area contributed by atoms with Crippen LogP contribution in [0.1, 0.15) is 43.2 Å². The molecule has 2 aromatic rings. The topological polar surface area (TPSA) is 90.7 Å². The lowest BCUT2D eigenvalue weighted by Gasteiger charge is -2.38.